The maximum absolute atomic E-state index is 12.3. The van der Waals surface area contributed by atoms with E-state index in [0.717, 1.165) is 29.8 Å². The Labute approximate surface area is 205 Å². The van der Waals surface area contributed by atoms with Crippen molar-refractivity contribution in [3.8, 4) is 12.8 Å². The van der Waals surface area contributed by atoms with Gasteiger partial charge in [-0.2, -0.15) is 0 Å². The average Bonchev–Trinajstić information content (AvgIpc) is 3.20. The minimum atomic E-state index is -0.199. The van der Waals surface area contributed by atoms with Crippen molar-refractivity contribution >= 4 is 17.8 Å². The molecule has 0 saturated carbocycles. The summed E-state index contributed by atoms with van der Waals surface area (Å²) in [4.78, 5) is 18.9. The highest BCUT2D eigenvalue weighted by atomic mass is 19.0. The van der Waals surface area contributed by atoms with Crippen molar-refractivity contribution < 1.29 is 9.50 Å². The second-order valence-electron chi connectivity index (χ2n) is 7.66. The fourth-order valence-electron chi connectivity index (χ4n) is 3.10. The topological polar surface area (TPSA) is 56.5 Å². The number of carbonyl (C=O) groups excluding carboxylic acids is 1. The number of ketones is 1. The number of amidine groups is 1. The molecule has 34 heavy (non-hydrogen) atoms. The van der Waals surface area contributed by atoms with E-state index in [2.05, 4.69) is 61.9 Å². The number of hydrogen-bond acceptors (Lipinski definition) is 3. The van der Waals surface area contributed by atoms with Crippen LogP contribution >= 0.6 is 0 Å². The van der Waals surface area contributed by atoms with Crippen molar-refractivity contribution in [3.05, 3.63) is 84.1 Å². The molecular weight excluding hydrogens is 425 g/mol. The van der Waals surface area contributed by atoms with E-state index in [1.807, 2.05) is 32.2 Å². The lowest BCUT2D eigenvalue weighted by atomic mass is 10.1. The van der Waals surface area contributed by atoms with Gasteiger partial charge in [0.2, 0.25) is 5.78 Å². The van der Waals surface area contributed by atoms with E-state index in [-0.39, 0.29) is 22.2 Å². The third-order valence-corrected chi connectivity index (χ3v) is 5.19. The third-order valence-electron chi connectivity index (χ3n) is 5.19. The monoisotopic (exact) mass is 465 g/mol. The number of likely N-dealkylation sites (tertiary alicyclic amines) is 1. The normalized spacial score (nSPS) is 15.9. The van der Waals surface area contributed by atoms with Crippen LogP contribution in [0, 0.1) is 18.3 Å². The van der Waals surface area contributed by atoms with Gasteiger partial charge in [0.15, 0.2) is 0 Å². The second-order valence-corrected chi connectivity index (χ2v) is 7.66. The number of hydrogen-bond donors (Lipinski definition) is 1. The summed E-state index contributed by atoms with van der Waals surface area (Å²) in [6.45, 7) is 14.0. The number of nitrogens with one attached hydrogen (secondary N) is 1. The van der Waals surface area contributed by atoms with Gasteiger partial charge in [-0.15, -0.1) is 12.8 Å². The highest BCUT2D eigenvalue weighted by Crippen LogP contribution is 2.32. The SMILES string of the molecule is C#C.C=C(N=C1CC[C@H](c2ccccc2)N1C)C(=O)/C=C/C/C(=C/C=N)C(=C)C.CCCC.F. The van der Waals surface area contributed by atoms with E-state index in [9.17, 15) is 4.79 Å². The molecule has 0 unspecified atom stereocenters. The molecule has 1 aliphatic heterocycles. The van der Waals surface area contributed by atoms with Gasteiger partial charge >= 0.3 is 0 Å². The minimum Gasteiger partial charge on any atom is -0.356 e. The third kappa shape index (κ3) is 11.4. The van der Waals surface area contributed by atoms with Crippen molar-refractivity contribution in [2.24, 2.45) is 4.99 Å². The van der Waals surface area contributed by atoms with Gasteiger partial charge in [0.05, 0.1) is 6.04 Å². The maximum Gasteiger partial charge on any atom is 0.203 e. The molecule has 1 aromatic rings. The lowest BCUT2D eigenvalue weighted by molar-refractivity contribution is -0.111. The minimum absolute atomic E-state index is 0. The van der Waals surface area contributed by atoms with Crippen LogP contribution in [0.3, 0.4) is 0 Å². The van der Waals surface area contributed by atoms with Gasteiger partial charge in [-0.1, -0.05) is 81.8 Å². The molecule has 1 saturated heterocycles. The number of aliphatic imine (C=N–C) groups is 1. The van der Waals surface area contributed by atoms with Crippen molar-refractivity contribution in [1.82, 2.24) is 4.90 Å². The van der Waals surface area contributed by atoms with Gasteiger partial charge in [-0.05, 0) is 43.1 Å². The van der Waals surface area contributed by atoms with Gasteiger partial charge < -0.3 is 10.3 Å². The van der Waals surface area contributed by atoms with Crippen molar-refractivity contribution in [2.75, 3.05) is 7.05 Å². The lowest BCUT2D eigenvalue weighted by Gasteiger charge is -2.22. The van der Waals surface area contributed by atoms with E-state index in [1.54, 1.807) is 12.2 Å². The Balaban J connectivity index is 0. The summed E-state index contributed by atoms with van der Waals surface area (Å²) >= 11 is 0. The Morgan fingerprint density at radius 1 is 1.21 bits per heavy atom. The van der Waals surface area contributed by atoms with E-state index >= 15 is 0 Å². The summed E-state index contributed by atoms with van der Waals surface area (Å²) in [6.07, 6.45) is 19.2. The smallest absolute Gasteiger partial charge is 0.203 e. The molecule has 1 aromatic carbocycles. The molecule has 2 rings (SSSR count). The van der Waals surface area contributed by atoms with Crippen molar-refractivity contribution in [3.63, 3.8) is 0 Å². The molecular formula is C29H40FN3O. The zero-order chi connectivity index (χ0) is 25.2. The van der Waals surface area contributed by atoms with Crippen molar-refractivity contribution in [1.29, 1.82) is 5.41 Å². The Kier molecular flexibility index (Phi) is 18.2. The number of benzene rings is 1. The van der Waals surface area contributed by atoms with Crippen LogP contribution in [0.15, 0.2) is 83.6 Å². The molecule has 0 spiro atoms. The van der Waals surface area contributed by atoms with Crippen LogP contribution in [0.25, 0.3) is 0 Å². The zero-order valence-electron chi connectivity index (χ0n) is 21.1. The first-order valence-electron chi connectivity index (χ1n) is 11.3. The number of unbranched alkanes of at least 4 members (excludes halogenated alkanes) is 1. The Hall–Kier alpha value is -3.52. The molecule has 5 heteroatoms. The van der Waals surface area contributed by atoms with Gasteiger partial charge in [-0.3, -0.25) is 9.50 Å². The summed E-state index contributed by atoms with van der Waals surface area (Å²) in [5.41, 5.74) is 3.31. The van der Waals surface area contributed by atoms with E-state index in [4.69, 9.17) is 5.41 Å². The van der Waals surface area contributed by atoms with Gasteiger partial charge in [0, 0.05) is 19.7 Å². The molecule has 1 heterocycles. The molecule has 1 fully saturated rings. The van der Waals surface area contributed by atoms with Gasteiger partial charge in [0.25, 0.3) is 0 Å². The van der Waals surface area contributed by atoms with Crippen LogP contribution in [0.5, 0.6) is 0 Å². The molecule has 1 atom stereocenters. The second kappa shape index (κ2) is 19.0. The lowest BCUT2D eigenvalue weighted by Crippen LogP contribution is -2.23. The number of allylic oxidation sites excluding steroid dienone is 5. The first-order valence-corrected chi connectivity index (χ1v) is 11.3. The van der Waals surface area contributed by atoms with Crippen LogP contribution < -0.4 is 0 Å². The Morgan fingerprint density at radius 2 is 1.79 bits per heavy atom. The Morgan fingerprint density at radius 3 is 2.29 bits per heavy atom. The zero-order valence-corrected chi connectivity index (χ0v) is 21.1. The van der Waals surface area contributed by atoms with Gasteiger partial charge in [-0.25, -0.2) is 4.99 Å². The number of terminal acetylenes is 1. The van der Waals surface area contributed by atoms with E-state index in [1.165, 1.54) is 30.7 Å². The largest absolute Gasteiger partial charge is 0.356 e. The van der Waals surface area contributed by atoms with E-state index in [0.29, 0.717) is 6.42 Å². The highest BCUT2D eigenvalue weighted by molar-refractivity contribution is 6.05. The summed E-state index contributed by atoms with van der Waals surface area (Å²) in [5, 5.41) is 7.17. The molecule has 184 valence electrons. The first kappa shape index (κ1) is 32.7. The molecule has 1 aliphatic rings. The maximum atomic E-state index is 12.3. The summed E-state index contributed by atoms with van der Waals surface area (Å²) < 4.78 is 0. The van der Waals surface area contributed by atoms with Crippen LogP contribution in [0.4, 0.5) is 4.70 Å². The van der Waals surface area contributed by atoms with Crippen LogP contribution in [-0.2, 0) is 4.79 Å². The summed E-state index contributed by atoms with van der Waals surface area (Å²) in [7, 11) is 2.01. The molecule has 4 nitrogen and oxygen atoms in total. The summed E-state index contributed by atoms with van der Waals surface area (Å²) in [6, 6.07) is 10.6. The van der Waals surface area contributed by atoms with Crippen molar-refractivity contribution in [2.45, 2.75) is 58.9 Å². The number of carbonyl (C=O) groups is 1. The number of rotatable bonds is 9. The number of nitrogens with zero attached hydrogens (tertiary/aromatic N) is 2. The molecule has 1 N–H and O–H groups in total. The molecule has 0 aromatic heterocycles. The van der Waals surface area contributed by atoms with Crippen LogP contribution in [-0.4, -0.2) is 29.8 Å². The predicted molar refractivity (Wildman–Crippen MR) is 146 cm³/mol. The summed E-state index contributed by atoms with van der Waals surface area (Å²) in [5.74, 6) is 0.692. The molecule has 0 bridgehead atoms. The van der Waals surface area contributed by atoms with E-state index < -0.39 is 0 Å². The van der Waals surface area contributed by atoms with Crippen LogP contribution in [0.1, 0.15) is 64.5 Å². The highest BCUT2D eigenvalue weighted by Gasteiger charge is 2.27. The quantitative estimate of drug-likeness (QED) is 0.181. The molecule has 0 radical (unpaired) electrons. The standard InChI is InChI=1S/C23H27N3O.C4H10.C2H2.FH/c1-17(2)19(15-16-24)11-8-12-22(27)18(3)25-23-14-13-21(26(23)4)20-9-6-5-7-10-20;1-3-4-2;1-2;/h5-10,12,15-16,21,24H,1,3,11,13-14H2,2,4H3;3-4H2,1-2H3;1-2H;1H/b12-8+,19-15-,24-16?,25-23?;;;/t21-;;;/m1.../s1. The fourth-order valence-corrected chi connectivity index (χ4v) is 3.10. The fraction of sp³-hybridized carbons (Fsp3) is 0.345. The predicted octanol–water partition coefficient (Wildman–Crippen LogP) is 7.24. The Bertz CT molecular complexity index is 892. The van der Waals surface area contributed by atoms with Gasteiger partial charge in [0.1, 0.15) is 11.5 Å². The molecule has 0 amide bonds. The van der Waals surface area contributed by atoms with Crippen LogP contribution in [0.2, 0.25) is 0 Å². The number of halogens is 1. The molecule has 0 aliphatic carbocycles. The first-order chi connectivity index (χ1) is 15.8. The average molecular weight is 466 g/mol.